The van der Waals surface area contributed by atoms with Crippen LogP contribution < -0.4 is 5.73 Å². The molecule has 0 aromatic heterocycles. The van der Waals surface area contributed by atoms with Gasteiger partial charge in [0.25, 0.3) is 0 Å². The van der Waals surface area contributed by atoms with Gasteiger partial charge in [0.15, 0.2) is 0 Å². The number of anilines is 1. The SMILES string of the molecule is Cc1cc(N)cc(S(=O)(=O)N2CC(O)(C(C)C)C2)c1C. The lowest BCUT2D eigenvalue weighted by atomic mass is 9.85. The van der Waals surface area contributed by atoms with E-state index in [2.05, 4.69) is 0 Å². The number of hydrogen-bond donors (Lipinski definition) is 2. The van der Waals surface area contributed by atoms with E-state index in [0.717, 1.165) is 5.56 Å². The summed E-state index contributed by atoms with van der Waals surface area (Å²) in [6.45, 7) is 7.67. The number of nitrogens with zero attached hydrogens (tertiary/aromatic N) is 1. The van der Waals surface area contributed by atoms with Crippen molar-refractivity contribution < 1.29 is 13.5 Å². The third-order valence-corrected chi connectivity index (χ3v) is 6.15. The molecule has 1 aliphatic heterocycles. The van der Waals surface area contributed by atoms with Gasteiger partial charge < -0.3 is 10.8 Å². The Balaban J connectivity index is 2.35. The van der Waals surface area contributed by atoms with E-state index in [1.165, 1.54) is 10.4 Å². The summed E-state index contributed by atoms with van der Waals surface area (Å²) in [6, 6.07) is 3.25. The molecule has 0 aliphatic carbocycles. The Labute approximate surface area is 120 Å². The van der Waals surface area contributed by atoms with Crippen molar-refractivity contribution in [2.45, 2.75) is 38.2 Å². The highest BCUT2D eigenvalue weighted by molar-refractivity contribution is 7.89. The normalized spacial score (nSPS) is 19.1. The van der Waals surface area contributed by atoms with Crippen molar-refractivity contribution in [3.8, 4) is 0 Å². The van der Waals surface area contributed by atoms with Crippen LogP contribution in [0.4, 0.5) is 5.69 Å². The second-order valence-corrected chi connectivity index (χ2v) is 7.90. The Kier molecular flexibility index (Phi) is 3.60. The Hall–Kier alpha value is -1.11. The van der Waals surface area contributed by atoms with Crippen LogP contribution in [-0.2, 0) is 10.0 Å². The molecule has 0 radical (unpaired) electrons. The minimum atomic E-state index is -3.59. The van der Waals surface area contributed by atoms with Crippen molar-refractivity contribution in [3.05, 3.63) is 23.3 Å². The number of nitrogens with two attached hydrogens (primary N) is 1. The molecular weight excluding hydrogens is 276 g/mol. The van der Waals surface area contributed by atoms with Crippen molar-refractivity contribution in [1.29, 1.82) is 0 Å². The summed E-state index contributed by atoms with van der Waals surface area (Å²) in [7, 11) is -3.59. The van der Waals surface area contributed by atoms with Crippen LogP contribution >= 0.6 is 0 Å². The average molecular weight is 298 g/mol. The molecule has 5 nitrogen and oxygen atoms in total. The number of aliphatic hydroxyl groups is 1. The molecule has 0 saturated carbocycles. The summed E-state index contributed by atoms with van der Waals surface area (Å²) in [5.74, 6) is 0.0256. The van der Waals surface area contributed by atoms with Crippen molar-refractivity contribution in [2.24, 2.45) is 5.92 Å². The van der Waals surface area contributed by atoms with Gasteiger partial charge in [-0.05, 0) is 43.0 Å². The lowest BCUT2D eigenvalue weighted by molar-refractivity contribution is -0.0932. The standard InChI is InChI=1S/C14H22N2O3S/c1-9(2)14(17)7-16(8-14)20(18,19)13-6-12(15)5-10(3)11(13)4/h5-6,9,17H,7-8,15H2,1-4H3. The summed E-state index contributed by atoms with van der Waals surface area (Å²) < 4.78 is 26.5. The quantitative estimate of drug-likeness (QED) is 0.823. The Bertz CT molecular complexity index is 632. The molecule has 0 unspecified atom stereocenters. The summed E-state index contributed by atoms with van der Waals surface area (Å²) >= 11 is 0. The first-order valence-electron chi connectivity index (χ1n) is 6.67. The third-order valence-electron chi connectivity index (χ3n) is 4.23. The van der Waals surface area contributed by atoms with Gasteiger partial charge in [-0.1, -0.05) is 13.8 Å². The van der Waals surface area contributed by atoms with E-state index in [0.29, 0.717) is 11.3 Å². The molecule has 0 atom stereocenters. The molecular formula is C14H22N2O3S. The molecule has 3 N–H and O–H groups in total. The molecule has 6 heteroatoms. The molecule has 0 spiro atoms. The lowest BCUT2D eigenvalue weighted by Gasteiger charge is -2.48. The second-order valence-electron chi connectivity index (χ2n) is 5.99. The minimum absolute atomic E-state index is 0.0256. The number of β-amino-alcohol motifs (C(OH)–C–C–N with tert-alkyl or cyclic N) is 1. The van der Waals surface area contributed by atoms with Gasteiger partial charge in [-0.2, -0.15) is 4.31 Å². The van der Waals surface area contributed by atoms with Gasteiger partial charge in [0.1, 0.15) is 0 Å². The molecule has 20 heavy (non-hydrogen) atoms. The molecule has 1 aliphatic rings. The van der Waals surface area contributed by atoms with Gasteiger partial charge in [-0.15, -0.1) is 0 Å². The van der Waals surface area contributed by atoms with Crippen LogP contribution in [0.3, 0.4) is 0 Å². The summed E-state index contributed by atoms with van der Waals surface area (Å²) in [5, 5.41) is 10.2. The van der Waals surface area contributed by atoms with Gasteiger partial charge >= 0.3 is 0 Å². The van der Waals surface area contributed by atoms with Crippen molar-refractivity contribution in [2.75, 3.05) is 18.8 Å². The fraction of sp³-hybridized carbons (Fsp3) is 0.571. The van der Waals surface area contributed by atoms with Gasteiger partial charge in [-0.3, -0.25) is 0 Å². The molecule has 2 rings (SSSR count). The first kappa shape index (κ1) is 15.3. The number of rotatable bonds is 3. The van der Waals surface area contributed by atoms with Gasteiger partial charge in [0.05, 0.1) is 10.5 Å². The van der Waals surface area contributed by atoms with Crippen molar-refractivity contribution in [1.82, 2.24) is 4.31 Å². The zero-order chi connectivity index (χ0) is 15.3. The molecule has 1 aromatic rings. The molecule has 1 saturated heterocycles. The van der Waals surface area contributed by atoms with E-state index in [1.807, 2.05) is 20.8 Å². The summed E-state index contributed by atoms with van der Waals surface area (Å²) in [5.41, 5.74) is 6.83. The highest BCUT2D eigenvalue weighted by Gasteiger charge is 2.49. The van der Waals surface area contributed by atoms with E-state index in [-0.39, 0.29) is 23.9 Å². The van der Waals surface area contributed by atoms with Crippen LogP contribution in [0.5, 0.6) is 0 Å². The van der Waals surface area contributed by atoms with Crippen LogP contribution in [0.15, 0.2) is 17.0 Å². The zero-order valence-electron chi connectivity index (χ0n) is 12.3. The lowest BCUT2D eigenvalue weighted by Crippen LogP contribution is -2.65. The Morgan fingerprint density at radius 1 is 1.30 bits per heavy atom. The van der Waals surface area contributed by atoms with Crippen LogP contribution in [-0.4, -0.2) is 36.5 Å². The van der Waals surface area contributed by atoms with E-state index in [4.69, 9.17) is 5.73 Å². The van der Waals surface area contributed by atoms with Crippen LogP contribution in [0.1, 0.15) is 25.0 Å². The van der Waals surface area contributed by atoms with Crippen LogP contribution in [0.2, 0.25) is 0 Å². The maximum Gasteiger partial charge on any atom is 0.243 e. The molecule has 1 heterocycles. The van der Waals surface area contributed by atoms with Crippen molar-refractivity contribution in [3.63, 3.8) is 0 Å². The Morgan fingerprint density at radius 2 is 1.85 bits per heavy atom. The first-order chi connectivity index (χ1) is 9.08. The number of aryl methyl sites for hydroxylation is 1. The fourth-order valence-corrected chi connectivity index (χ4v) is 4.26. The van der Waals surface area contributed by atoms with Crippen LogP contribution in [0, 0.1) is 19.8 Å². The largest absolute Gasteiger partial charge is 0.399 e. The molecule has 0 bridgehead atoms. The minimum Gasteiger partial charge on any atom is -0.399 e. The molecule has 1 aromatic carbocycles. The zero-order valence-corrected chi connectivity index (χ0v) is 13.2. The second kappa shape index (κ2) is 4.72. The molecule has 112 valence electrons. The number of nitrogen functional groups attached to an aromatic ring is 1. The average Bonchev–Trinajstić information content (AvgIpc) is 2.29. The summed E-state index contributed by atoms with van der Waals surface area (Å²) in [4.78, 5) is 0.237. The highest BCUT2D eigenvalue weighted by Crippen LogP contribution is 2.35. The van der Waals surface area contributed by atoms with E-state index >= 15 is 0 Å². The van der Waals surface area contributed by atoms with Gasteiger partial charge in [0, 0.05) is 18.8 Å². The van der Waals surface area contributed by atoms with E-state index < -0.39 is 15.6 Å². The number of benzene rings is 1. The predicted molar refractivity (Wildman–Crippen MR) is 78.9 cm³/mol. The predicted octanol–water partition coefficient (Wildman–Crippen LogP) is 1.28. The number of sulfonamides is 1. The number of hydrogen-bond acceptors (Lipinski definition) is 4. The van der Waals surface area contributed by atoms with E-state index in [9.17, 15) is 13.5 Å². The molecule has 1 fully saturated rings. The van der Waals surface area contributed by atoms with Crippen molar-refractivity contribution >= 4 is 15.7 Å². The third kappa shape index (κ3) is 2.32. The Morgan fingerprint density at radius 3 is 2.35 bits per heavy atom. The molecule has 0 amide bonds. The van der Waals surface area contributed by atoms with Gasteiger partial charge in [-0.25, -0.2) is 8.42 Å². The topological polar surface area (TPSA) is 83.6 Å². The van der Waals surface area contributed by atoms with Crippen LogP contribution in [0.25, 0.3) is 0 Å². The van der Waals surface area contributed by atoms with Gasteiger partial charge in [0.2, 0.25) is 10.0 Å². The first-order valence-corrected chi connectivity index (χ1v) is 8.11. The maximum atomic E-state index is 12.6. The highest BCUT2D eigenvalue weighted by atomic mass is 32.2. The smallest absolute Gasteiger partial charge is 0.243 e. The fourth-order valence-electron chi connectivity index (χ4n) is 2.36. The summed E-state index contributed by atoms with van der Waals surface area (Å²) in [6.07, 6.45) is 0. The monoisotopic (exact) mass is 298 g/mol. The van der Waals surface area contributed by atoms with E-state index in [1.54, 1.807) is 13.0 Å². The maximum absolute atomic E-state index is 12.6.